The van der Waals surface area contributed by atoms with Gasteiger partial charge < -0.3 is 9.47 Å². The molecule has 0 amide bonds. The first kappa shape index (κ1) is 18.9. The highest BCUT2D eigenvalue weighted by Crippen LogP contribution is 2.27. The molecular formula is C20H30N8. The quantitative estimate of drug-likeness (QED) is 0.598. The molecule has 1 aliphatic heterocycles. The molecule has 3 aromatic heterocycles. The maximum atomic E-state index is 4.56. The van der Waals surface area contributed by atoms with Gasteiger partial charge in [0.25, 0.3) is 0 Å². The second-order valence-corrected chi connectivity index (χ2v) is 7.67. The van der Waals surface area contributed by atoms with Crippen LogP contribution in [0.1, 0.15) is 49.3 Å². The lowest BCUT2D eigenvalue weighted by atomic mass is 9.95. The summed E-state index contributed by atoms with van der Waals surface area (Å²) in [6, 6.07) is 1.94. The van der Waals surface area contributed by atoms with Crippen molar-refractivity contribution in [1.82, 2.24) is 39.2 Å². The van der Waals surface area contributed by atoms with Crippen LogP contribution in [0.25, 0.3) is 0 Å². The zero-order valence-electron chi connectivity index (χ0n) is 16.9. The van der Waals surface area contributed by atoms with Gasteiger partial charge in [-0.3, -0.25) is 9.36 Å². The van der Waals surface area contributed by atoms with Gasteiger partial charge in [-0.2, -0.15) is 10.2 Å². The Morgan fingerprint density at radius 2 is 1.93 bits per heavy atom. The van der Waals surface area contributed by atoms with E-state index < -0.39 is 0 Å². The van der Waals surface area contributed by atoms with Gasteiger partial charge in [0.15, 0.2) is 5.82 Å². The molecule has 150 valence electrons. The standard InChI is InChI=1S/C20H30N8/c1-3-28-19(16-27-10-4-8-21-27)23-24-20(28)18-6-12-25(13-7-18)9-5-11-26-15-17(2)14-22-26/h4,8,10,14-15,18H,3,5-7,9,11-13,16H2,1-2H3. The van der Waals surface area contributed by atoms with Crippen LogP contribution in [0.2, 0.25) is 0 Å². The average molecular weight is 383 g/mol. The first-order valence-electron chi connectivity index (χ1n) is 10.3. The summed E-state index contributed by atoms with van der Waals surface area (Å²) in [4.78, 5) is 2.57. The second-order valence-electron chi connectivity index (χ2n) is 7.67. The first-order chi connectivity index (χ1) is 13.7. The van der Waals surface area contributed by atoms with Crippen LogP contribution in [-0.4, -0.2) is 58.9 Å². The van der Waals surface area contributed by atoms with E-state index in [9.17, 15) is 0 Å². The number of aryl methyl sites for hydroxylation is 2. The van der Waals surface area contributed by atoms with Crippen molar-refractivity contribution in [2.45, 2.75) is 58.7 Å². The van der Waals surface area contributed by atoms with Gasteiger partial charge >= 0.3 is 0 Å². The molecule has 0 atom stereocenters. The molecular weight excluding hydrogens is 352 g/mol. The predicted octanol–water partition coefficient (Wildman–Crippen LogP) is 2.32. The molecule has 8 heteroatoms. The summed E-state index contributed by atoms with van der Waals surface area (Å²) in [5.74, 6) is 2.65. The predicted molar refractivity (Wildman–Crippen MR) is 107 cm³/mol. The molecule has 0 unspecified atom stereocenters. The third-order valence-corrected chi connectivity index (χ3v) is 5.61. The van der Waals surface area contributed by atoms with Crippen LogP contribution in [0.5, 0.6) is 0 Å². The molecule has 0 spiro atoms. The Morgan fingerprint density at radius 1 is 1.07 bits per heavy atom. The molecule has 0 radical (unpaired) electrons. The van der Waals surface area contributed by atoms with Crippen molar-refractivity contribution in [3.05, 3.63) is 48.1 Å². The van der Waals surface area contributed by atoms with Crippen molar-refractivity contribution in [2.24, 2.45) is 0 Å². The number of hydrogen-bond donors (Lipinski definition) is 0. The summed E-state index contributed by atoms with van der Waals surface area (Å²) in [5, 5.41) is 17.7. The Balaban J connectivity index is 1.29. The van der Waals surface area contributed by atoms with E-state index in [0.29, 0.717) is 12.5 Å². The first-order valence-corrected chi connectivity index (χ1v) is 10.3. The number of hydrogen-bond acceptors (Lipinski definition) is 5. The third kappa shape index (κ3) is 4.32. The van der Waals surface area contributed by atoms with Crippen molar-refractivity contribution in [3.63, 3.8) is 0 Å². The van der Waals surface area contributed by atoms with E-state index in [0.717, 1.165) is 63.6 Å². The number of nitrogens with zero attached hydrogens (tertiary/aromatic N) is 8. The summed E-state index contributed by atoms with van der Waals surface area (Å²) in [5.41, 5.74) is 1.23. The number of piperidine rings is 1. The smallest absolute Gasteiger partial charge is 0.154 e. The highest BCUT2D eigenvalue weighted by Gasteiger charge is 2.25. The van der Waals surface area contributed by atoms with Crippen LogP contribution in [0, 0.1) is 6.92 Å². The van der Waals surface area contributed by atoms with Crippen LogP contribution < -0.4 is 0 Å². The van der Waals surface area contributed by atoms with Crippen molar-refractivity contribution in [1.29, 1.82) is 0 Å². The maximum absolute atomic E-state index is 4.56. The lowest BCUT2D eigenvalue weighted by Crippen LogP contribution is -2.34. The van der Waals surface area contributed by atoms with Crippen LogP contribution in [0.3, 0.4) is 0 Å². The lowest BCUT2D eigenvalue weighted by Gasteiger charge is -2.31. The molecule has 8 nitrogen and oxygen atoms in total. The van der Waals surface area contributed by atoms with Gasteiger partial charge in [-0.05, 0) is 64.4 Å². The highest BCUT2D eigenvalue weighted by atomic mass is 15.3. The van der Waals surface area contributed by atoms with E-state index >= 15 is 0 Å². The van der Waals surface area contributed by atoms with E-state index in [4.69, 9.17) is 0 Å². The van der Waals surface area contributed by atoms with E-state index in [-0.39, 0.29) is 0 Å². The summed E-state index contributed by atoms with van der Waals surface area (Å²) in [7, 11) is 0. The van der Waals surface area contributed by atoms with E-state index in [1.165, 1.54) is 5.56 Å². The SMILES string of the molecule is CCn1c(Cn2cccn2)nnc1C1CCN(CCCn2cc(C)cn2)CC1. The number of aromatic nitrogens is 7. The fourth-order valence-corrected chi connectivity index (χ4v) is 4.11. The Morgan fingerprint density at radius 3 is 2.61 bits per heavy atom. The normalized spacial score (nSPS) is 16.1. The molecule has 0 aliphatic carbocycles. The van der Waals surface area contributed by atoms with Crippen LogP contribution in [0.15, 0.2) is 30.9 Å². The zero-order chi connectivity index (χ0) is 19.3. The van der Waals surface area contributed by atoms with E-state index in [2.05, 4.69) is 49.9 Å². The fraction of sp³-hybridized carbons (Fsp3) is 0.600. The van der Waals surface area contributed by atoms with Gasteiger partial charge in [-0.15, -0.1) is 10.2 Å². The summed E-state index contributed by atoms with van der Waals surface area (Å²) in [6.07, 6.45) is 11.3. The number of rotatable bonds is 8. The zero-order valence-corrected chi connectivity index (χ0v) is 16.9. The van der Waals surface area contributed by atoms with Crippen molar-refractivity contribution in [2.75, 3.05) is 19.6 Å². The monoisotopic (exact) mass is 382 g/mol. The van der Waals surface area contributed by atoms with Gasteiger partial charge in [0.2, 0.25) is 0 Å². The maximum Gasteiger partial charge on any atom is 0.154 e. The minimum Gasteiger partial charge on any atom is -0.313 e. The molecule has 1 fully saturated rings. The minimum absolute atomic E-state index is 0.504. The molecule has 1 saturated heterocycles. The molecule has 0 N–H and O–H groups in total. The Labute approximate surface area is 166 Å². The minimum atomic E-state index is 0.504. The van der Waals surface area contributed by atoms with Crippen molar-refractivity contribution < 1.29 is 0 Å². The number of likely N-dealkylation sites (tertiary alicyclic amines) is 1. The summed E-state index contributed by atoms with van der Waals surface area (Å²) in [6.45, 7) is 10.2. The third-order valence-electron chi connectivity index (χ3n) is 5.61. The summed E-state index contributed by atoms with van der Waals surface area (Å²) < 4.78 is 6.23. The van der Waals surface area contributed by atoms with Crippen molar-refractivity contribution in [3.8, 4) is 0 Å². The largest absolute Gasteiger partial charge is 0.313 e. The molecule has 0 aromatic carbocycles. The van der Waals surface area contributed by atoms with E-state index in [1.54, 1.807) is 6.20 Å². The lowest BCUT2D eigenvalue weighted by molar-refractivity contribution is 0.201. The molecule has 4 heterocycles. The topological polar surface area (TPSA) is 69.6 Å². The van der Waals surface area contributed by atoms with Gasteiger partial charge in [0.05, 0.1) is 6.20 Å². The highest BCUT2D eigenvalue weighted by molar-refractivity contribution is 5.05. The molecule has 0 saturated carbocycles. The van der Waals surface area contributed by atoms with Gasteiger partial charge in [-0.1, -0.05) is 0 Å². The molecule has 4 rings (SSSR count). The average Bonchev–Trinajstić information content (AvgIpc) is 3.45. The van der Waals surface area contributed by atoms with Crippen molar-refractivity contribution >= 4 is 0 Å². The van der Waals surface area contributed by atoms with Crippen LogP contribution in [-0.2, 0) is 19.6 Å². The van der Waals surface area contributed by atoms with Gasteiger partial charge in [0, 0.05) is 37.6 Å². The molecule has 28 heavy (non-hydrogen) atoms. The van der Waals surface area contributed by atoms with Crippen LogP contribution in [0.4, 0.5) is 0 Å². The fourth-order valence-electron chi connectivity index (χ4n) is 4.11. The van der Waals surface area contributed by atoms with Crippen LogP contribution >= 0.6 is 0 Å². The Hall–Kier alpha value is -2.48. The van der Waals surface area contributed by atoms with Gasteiger partial charge in [0.1, 0.15) is 12.4 Å². The second kappa shape index (κ2) is 8.68. The Bertz CT molecular complexity index is 855. The molecule has 0 bridgehead atoms. The molecule has 3 aromatic rings. The Kier molecular flexibility index (Phi) is 5.85. The van der Waals surface area contributed by atoms with Gasteiger partial charge in [-0.25, -0.2) is 0 Å². The van der Waals surface area contributed by atoms with E-state index in [1.807, 2.05) is 27.8 Å². The molecule has 1 aliphatic rings. The summed E-state index contributed by atoms with van der Waals surface area (Å²) >= 11 is 0.